The lowest BCUT2D eigenvalue weighted by molar-refractivity contribution is 0.969. The molecule has 0 saturated carbocycles. The molecule has 4 heteroatoms. The topological polar surface area (TPSA) is 74.6 Å². The van der Waals surface area contributed by atoms with Crippen molar-refractivity contribution in [1.82, 2.24) is 0 Å². The van der Waals surface area contributed by atoms with E-state index in [0.29, 0.717) is 0 Å². The van der Waals surface area contributed by atoms with Gasteiger partial charge in [0, 0.05) is 6.21 Å². The lowest BCUT2D eigenvalue weighted by Crippen LogP contribution is -2.01. The van der Waals surface area contributed by atoms with Crippen LogP contribution >= 0.6 is 0 Å². The highest BCUT2D eigenvalue weighted by molar-refractivity contribution is 5.55. The maximum absolute atomic E-state index is 6.13. The molecule has 4 nitrogen and oxygen atoms in total. The molecule has 0 radical (unpaired) electrons. The van der Waals surface area contributed by atoms with Crippen molar-refractivity contribution in [3.05, 3.63) is 35.9 Å². The zero-order valence-electron chi connectivity index (χ0n) is 9.06. The Hall–Kier alpha value is -1.55. The first-order chi connectivity index (χ1) is 7.35. The van der Waals surface area contributed by atoms with Crippen molar-refractivity contribution in [2.45, 2.75) is 19.8 Å². The smallest absolute Gasteiger partial charge is 0.0285 e. The lowest BCUT2D eigenvalue weighted by Gasteiger charge is -1.93. The summed E-state index contributed by atoms with van der Waals surface area (Å²) in [5, 5.41) is 6.00. The first-order valence-electron chi connectivity index (χ1n) is 4.97. The van der Waals surface area contributed by atoms with Crippen LogP contribution in [0.1, 0.15) is 18.9 Å². The molecule has 15 heavy (non-hydrogen) atoms. The average molecular weight is 206 g/mol. The summed E-state index contributed by atoms with van der Waals surface area (Å²) in [5.41, 5.74) is 12.8. The molecule has 1 aromatic rings. The minimum Gasteiger partial charge on any atom is -0.330 e. The summed E-state index contributed by atoms with van der Waals surface area (Å²) in [6.45, 7) is 2.68. The van der Waals surface area contributed by atoms with Gasteiger partial charge in [-0.2, -0.15) is 5.53 Å². The van der Waals surface area contributed by atoms with Crippen LogP contribution in [0.15, 0.2) is 40.7 Å². The van der Waals surface area contributed by atoms with Crippen LogP contribution in [0.25, 0.3) is 0 Å². The monoisotopic (exact) mass is 206 g/mol. The Morgan fingerprint density at radius 1 is 1.33 bits per heavy atom. The van der Waals surface area contributed by atoms with Gasteiger partial charge in [-0.05, 0) is 24.9 Å². The van der Waals surface area contributed by atoms with Crippen LogP contribution in [0.4, 0.5) is 0 Å². The predicted molar refractivity (Wildman–Crippen MR) is 63.1 cm³/mol. The van der Waals surface area contributed by atoms with Crippen LogP contribution in [0.5, 0.6) is 0 Å². The van der Waals surface area contributed by atoms with Gasteiger partial charge < -0.3 is 5.73 Å². The van der Waals surface area contributed by atoms with Gasteiger partial charge in [-0.15, -0.1) is 5.10 Å². The molecule has 3 N–H and O–H groups in total. The van der Waals surface area contributed by atoms with Gasteiger partial charge in [0.2, 0.25) is 0 Å². The third-order valence-electron chi connectivity index (χ3n) is 1.60. The second-order valence-electron chi connectivity index (χ2n) is 2.83. The van der Waals surface area contributed by atoms with Gasteiger partial charge in [-0.3, -0.25) is 0 Å². The fraction of sp³-hybridized carbons (Fsp3) is 0.364. The Bertz CT molecular complexity index is 269. The van der Waals surface area contributed by atoms with Crippen molar-refractivity contribution in [2.75, 3.05) is 6.54 Å². The van der Waals surface area contributed by atoms with E-state index >= 15 is 0 Å². The van der Waals surface area contributed by atoms with Gasteiger partial charge in [-0.25, -0.2) is 0 Å². The van der Waals surface area contributed by atoms with Crippen LogP contribution in [0, 0.1) is 5.53 Å². The Morgan fingerprint density at radius 2 is 2.00 bits per heavy atom. The van der Waals surface area contributed by atoms with E-state index < -0.39 is 0 Å². The largest absolute Gasteiger partial charge is 0.330 e. The van der Waals surface area contributed by atoms with Crippen molar-refractivity contribution in [2.24, 2.45) is 16.1 Å². The number of rotatable bonds is 4. The summed E-state index contributed by atoms with van der Waals surface area (Å²) >= 11 is 0. The summed E-state index contributed by atoms with van der Waals surface area (Å²) in [7, 11) is 0. The molecule has 0 amide bonds. The standard InChI is InChI=1S/C8H11N.C3H7N3/c9-7-6-8-4-2-1-3-5-8;1-2-3-5-6-4/h1-5H,6-7,9H2;3-4H,2H2,1H3/b;5-3+,6-4?. The van der Waals surface area contributed by atoms with Crippen LogP contribution in [-0.2, 0) is 6.42 Å². The molecule has 0 unspecified atom stereocenters. The molecule has 0 heterocycles. The quantitative estimate of drug-likeness (QED) is 0.443. The maximum Gasteiger partial charge on any atom is 0.0285 e. The highest BCUT2D eigenvalue weighted by Gasteiger charge is 1.84. The number of hydrogen-bond donors (Lipinski definition) is 2. The Morgan fingerprint density at radius 3 is 2.40 bits per heavy atom. The van der Waals surface area contributed by atoms with Gasteiger partial charge in [0.25, 0.3) is 0 Å². The average Bonchev–Trinajstić information content (AvgIpc) is 2.29. The van der Waals surface area contributed by atoms with Crippen LogP contribution in [-0.4, -0.2) is 12.8 Å². The van der Waals surface area contributed by atoms with Gasteiger partial charge in [0.05, 0.1) is 0 Å². The van der Waals surface area contributed by atoms with E-state index in [4.69, 9.17) is 11.3 Å². The van der Waals surface area contributed by atoms with Gasteiger partial charge >= 0.3 is 0 Å². The van der Waals surface area contributed by atoms with Crippen molar-refractivity contribution in [3.8, 4) is 0 Å². The van der Waals surface area contributed by atoms with Crippen molar-refractivity contribution in [1.29, 1.82) is 5.53 Å². The van der Waals surface area contributed by atoms with E-state index in [-0.39, 0.29) is 0 Å². The highest BCUT2D eigenvalue weighted by Crippen LogP contribution is 1.96. The first kappa shape index (κ1) is 13.4. The molecule has 0 aromatic heterocycles. The van der Waals surface area contributed by atoms with Crippen molar-refractivity contribution < 1.29 is 0 Å². The number of nitrogens with one attached hydrogen (secondary N) is 1. The zero-order valence-corrected chi connectivity index (χ0v) is 9.06. The Labute approximate surface area is 90.7 Å². The van der Waals surface area contributed by atoms with E-state index in [1.807, 2.05) is 25.1 Å². The van der Waals surface area contributed by atoms with E-state index in [9.17, 15) is 0 Å². The molecular formula is C11H18N4. The molecule has 0 spiro atoms. The number of nitrogens with two attached hydrogens (primary N) is 1. The minimum absolute atomic E-state index is 0.740. The van der Waals surface area contributed by atoms with E-state index in [2.05, 4.69) is 22.5 Å². The summed E-state index contributed by atoms with van der Waals surface area (Å²) < 4.78 is 0. The second-order valence-corrected chi connectivity index (χ2v) is 2.83. The third kappa shape index (κ3) is 8.77. The molecule has 0 aliphatic heterocycles. The zero-order chi connectivity index (χ0) is 11.4. The fourth-order valence-corrected chi connectivity index (χ4v) is 0.934. The molecule has 0 atom stereocenters. The normalized spacial score (nSPS) is 9.47. The second kappa shape index (κ2) is 10.5. The lowest BCUT2D eigenvalue weighted by atomic mass is 10.2. The maximum atomic E-state index is 6.13. The summed E-state index contributed by atoms with van der Waals surface area (Å²) in [6.07, 6.45) is 3.41. The molecule has 82 valence electrons. The number of hydrogen-bond acceptors (Lipinski definition) is 3. The molecule has 0 aliphatic carbocycles. The fourth-order valence-electron chi connectivity index (χ4n) is 0.934. The van der Waals surface area contributed by atoms with Gasteiger partial charge in [0.15, 0.2) is 0 Å². The Kier molecular flexibility index (Phi) is 9.44. The third-order valence-corrected chi connectivity index (χ3v) is 1.60. The van der Waals surface area contributed by atoms with E-state index in [1.165, 1.54) is 5.56 Å². The van der Waals surface area contributed by atoms with Crippen molar-refractivity contribution in [3.63, 3.8) is 0 Å². The summed E-state index contributed by atoms with van der Waals surface area (Å²) in [5.74, 6) is 0. The summed E-state index contributed by atoms with van der Waals surface area (Å²) in [4.78, 5) is 0. The molecule has 0 saturated heterocycles. The number of benzene rings is 1. The molecule has 0 bridgehead atoms. The van der Waals surface area contributed by atoms with Crippen LogP contribution < -0.4 is 5.73 Å². The van der Waals surface area contributed by atoms with Gasteiger partial charge in [-0.1, -0.05) is 42.5 Å². The minimum atomic E-state index is 0.740. The number of nitrogens with zero attached hydrogens (tertiary/aromatic N) is 2. The summed E-state index contributed by atoms with van der Waals surface area (Å²) in [6, 6.07) is 10.3. The SMILES string of the molecule is CC/C=N/N=N.NCCc1ccccc1. The predicted octanol–water partition coefficient (Wildman–Crippen LogP) is 2.60. The molecular weight excluding hydrogens is 188 g/mol. The van der Waals surface area contributed by atoms with Crippen LogP contribution in [0.2, 0.25) is 0 Å². The molecule has 0 fully saturated rings. The molecule has 1 aromatic carbocycles. The molecule has 0 aliphatic rings. The van der Waals surface area contributed by atoms with E-state index in [1.54, 1.807) is 6.21 Å². The van der Waals surface area contributed by atoms with Crippen molar-refractivity contribution >= 4 is 6.21 Å². The van der Waals surface area contributed by atoms with Crippen LogP contribution in [0.3, 0.4) is 0 Å². The van der Waals surface area contributed by atoms with E-state index in [0.717, 1.165) is 19.4 Å². The Balaban J connectivity index is 0.000000288. The highest BCUT2D eigenvalue weighted by atomic mass is 15.3. The first-order valence-corrected chi connectivity index (χ1v) is 4.97. The van der Waals surface area contributed by atoms with Gasteiger partial charge in [0.1, 0.15) is 0 Å². The molecule has 1 rings (SSSR count).